The van der Waals surface area contributed by atoms with E-state index in [1.165, 1.54) is 0 Å². The number of hydrogen-bond donors (Lipinski definition) is 0. The molecule has 0 bridgehead atoms. The van der Waals surface area contributed by atoms with Crippen LogP contribution >= 0.6 is 0 Å². The molecule has 0 aromatic carbocycles. The third-order valence-corrected chi connectivity index (χ3v) is 3.01. The summed E-state index contributed by atoms with van der Waals surface area (Å²) in [6, 6.07) is 0. The molecule has 2 rings (SSSR count). The lowest BCUT2D eigenvalue weighted by molar-refractivity contribution is -0.260. The molecular weight excluding hydrogens is 196 g/mol. The van der Waals surface area contributed by atoms with Gasteiger partial charge in [-0.1, -0.05) is 13.8 Å². The molecule has 0 aromatic heterocycles. The van der Waals surface area contributed by atoms with Crippen molar-refractivity contribution in [1.29, 1.82) is 0 Å². The molecule has 0 unspecified atom stereocenters. The first-order valence-electron chi connectivity index (χ1n) is 5.43. The van der Waals surface area contributed by atoms with Gasteiger partial charge in [0.25, 0.3) is 5.79 Å². The Morgan fingerprint density at radius 3 is 2.00 bits per heavy atom. The van der Waals surface area contributed by atoms with Crippen LogP contribution in [0.1, 0.15) is 39.5 Å². The van der Waals surface area contributed by atoms with E-state index in [0.29, 0.717) is 24.7 Å². The summed E-state index contributed by atoms with van der Waals surface area (Å²) in [4.78, 5) is 22.5. The van der Waals surface area contributed by atoms with E-state index in [2.05, 4.69) is 13.8 Å². The van der Waals surface area contributed by atoms with Crippen LogP contribution in [0.4, 0.5) is 0 Å². The summed E-state index contributed by atoms with van der Waals surface area (Å²) in [6.07, 6.45) is 2.12. The summed E-state index contributed by atoms with van der Waals surface area (Å²) in [5.41, 5.74) is 0. The van der Waals surface area contributed by atoms with Gasteiger partial charge >= 0.3 is 11.9 Å². The molecule has 1 saturated heterocycles. The van der Waals surface area contributed by atoms with Gasteiger partial charge in [0.15, 0.2) is 0 Å². The fraction of sp³-hybridized carbons (Fsp3) is 0.818. The third-order valence-electron chi connectivity index (χ3n) is 3.01. The Hall–Kier alpha value is -1.06. The van der Waals surface area contributed by atoms with E-state index >= 15 is 0 Å². The molecule has 0 amide bonds. The Morgan fingerprint density at radius 2 is 1.53 bits per heavy atom. The molecule has 0 aromatic rings. The van der Waals surface area contributed by atoms with Crippen molar-refractivity contribution < 1.29 is 19.1 Å². The van der Waals surface area contributed by atoms with E-state index in [4.69, 9.17) is 9.47 Å². The van der Waals surface area contributed by atoms with Crippen LogP contribution in [0.3, 0.4) is 0 Å². The molecular formula is C11H16O4. The molecule has 4 heteroatoms. The highest BCUT2D eigenvalue weighted by atomic mass is 16.7. The van der Waals surface area contributed by atoms with Crippen LogP contribution < -0.4 is 0 Å². The Balaban J connectivity index is 2.16. The van der Waals surface area contributed by atoms with Crippen molar-refractivity contribution in [2.75, 3.05) is 0 Å². The van der Waals surface area contributed by atoms with Crippen molar-refractivity contribution >= 4 is 11.9 Å². The van der Waals surface area contributed by atoms with Crippen molar-refractivity contribution in [3.05, 3.63) is 0 Å². The molecule has 2 aliphatic rings. The van der Waals surface area contributed by atoms with Crippen LogP contribution in [0, 0.1) is 11.8 Å². The average molecular weight is 212 g/mol. The van der Waals surface area contributed by atoms with Crippen molar-refractivity contribution in [1.82, 2.24) is 0 Å². The van der Waals surface area contributed by atoms with Crippen molar-refractivity contribution in [3.63, 3.8) is 0 Å². The zero-order valence-corrected chi connectivity index (χ0v) is 9.12. The van der Waals surface area contributed by atoms with E-state index in [-0.39, 0.29) is 6.42 Å². The topological polar surface area (TPSA) is 52.6 Å². The first kappa shape index (κ1) is 10.5. The lowest BCUT2D eigenvalue weighted by atomic mass is 9.79. The maximum atomic E-state index is 11.2. The predicted molar refractivity (Wildman–Crippen MR) is 51.7 cm³/mol. The molecule has 1 aliphatic heterocycles. The highest BCUT2D eigenvalue weighted by molar-refractivity contribution is 5.93. The number of ether oxygens (including phenoxy) is 2. The fourth-order valence-corrected chi connectivity index (χ4v) is 2.79. The largest absolute Gasteiger partial charge is 0.422 e. The first-order valence-corrected chi connectivity index (χ1v) is 5.43. The molecule has 1 saturated carbocycles. The summed E-state index contributed by atoms with van der Waals surface area (Å²) in [5, 5.41) is 0. The molecule has 15 heavy (non-hydrogen) atoms. The van der Waals surface area contributed by atoms with Crippen LogP contribution in [-0.2, 0) is 19.1 Å². The minimum absolute atomic E-state index is 0.246. The number of rotatable bonds is 0. The molecule has 0 N–H and O–H groups in total. The van der Waals surface area contributed by atoms with E-state index in [9.17, 15) is 9.59 Å². The van der Waals surface area contributed by atoms with E-state index < -0.39 is 17.7 Å². The molecule has 1 spiro atoms. The van der Waals surface area contributed by atoms with Crippen LogP contribution in [0.2, 0.25) is 0 Å². The first-order chi connectivity index (χ1) is 6.99. The maximum Gasteiger partial charge on any atom is 0.320 e. The second-order valence-corrected chi connectivity index (χ2v) is 4.89. The summed E-state index contributed by atoms with van der Waals surface area (Å²) in [5.74, 6) is -1.01. The zero-order chi connectivity index (χ0) is 11.1. The van der Waals surface area contributed by atoms with Crippen LogP contribution in [0.25, 0.3) is 0 Å². The number of esters is 2. The quantitative estimate of drug-likeness (QED) is 0.452. The van der Waals surface area contributed by atoms with Crippen LogP contribution in [0.15, 0.2) is 0 Å². The summed E-state index contributed by atoms with van der Waals surface area (Å²) < 4.78 is 10.5. The van der Waals surface area contributed by atoms with Gasteiger partial charge in [-0.3, -0.25) is 9.59 Å². The highest BCUT2D eigenvalue weighted by Crippen LogP contribution is 2.41. The zero-order valence-electron chi connectivity index (χ0n) is 9.12. The van der Waals surface area contributed by atoms with Gasteiger partial charge in [-0.2, -0.15) is 0 Å². The van der Waals surface area contributed by atoms with Crippen molar-refractivity contribution in [2.24, 2.45) is 11.8 Å². The Morgan fingerprint density at radius 1 is 1.07 bits per heavy atom. The third kappa shape index (κ3) is 2.13. The van der Waals surface area contributed by atoms with Gasteiger partial charge < -0.3 is 9.47 Å². The molecule has 0 radical (unpaired) electrons. The molecule has 2 fully saturated rings. The second-order valence-electron chi connectivity index (χ2n) is 4.89. The lowest BCUT2D eigenvalue weighted by Gasteiger charge is -2.42. The van der Waals surface area contributed by atoms with Gasteiger partial charge in [0, 0.05) is 12.8 Å². The molecule has 4 nitrogen and oxygen atoms in total. The lowest BCUT2D eigenvalue weighted by Crippen LogP contribution is -2.49. The summed E-state index contributed by atoms with van der Waals surface area (Å²) in [7, 11) is 0. The van der Waals surface area contributed by atoms with Crippen molar-refractivity contribution in [2.45, 2.75) is 45.3 Å². The Kier molecular flexibility index (Phi) is 2.44. The highest BCUT2D eigenvalue weighted by Gasteiger charge is 2.47. The number of carbonyl (C=O) groups excluding carboxylic acids is 2. The van der Waals surface area contributed by atoms with E-state index in [1.807, 2.05) is 0 Å². The van der Waals surface area contributed by atoms with Gasteiger partial charge in [-0.25, -0.2) is 0 Å². The molecule has 1 heterocycles. The molecule has 1 aliphatic carbocycles. The minimum atomic E-state index is -0.955. The predicted octanol–water partition coefficient (Wildman–Crippen LogP) is 1.63. The smallest absolute Gasteiger partial charge is 0.320 e. The van der Waals surface area contributed by atoms with Gasteiger partial charge in [0.05, 0.1) is 0 Å². The van der Waals surface area contributed by atoms with Gasteiger partial charge in [-0.15, -0.1) is 0 Å². The van der Waals surface area contributed by atoms with Crippen LogP contribution in [0.5, 0.6) is 0 Å². The summed E-state index contributed by atoms with van der Waals surface area (Å²) in [6.45, 7) is 4.18. The number of hydrogen-bond acceptors (Lipinski definition) is 4. The van der Waals surface area contributed by atoms with Gasteiger partial charge in [0.2, 0.25) is 0 Å². The Bertz CT molecular complexity index is 269. The molecule has 84 valence electrons. The SMILES string of the molecule is C[C@@H]1C[C@H](C)CC2(C1)OC(=O)CC(=O)O2. The minimum Gasteiger partial charge on any atom is -0.422 e. The average Bonchev–Trinajstić information content (AvgIpc) is 1.96. The van der Waals surface area contributed by atoms with Crippen molar-refractivity contribution in [3.8, 4) is 0 Å². The summed E-state index contributed by atoms with van der Waals surface area (Å²) >= 11 is 0. The van der Waals surface area contributed by atoms with E-state index in [0.717, 1.165) is 6.42 Å². The standard InChI is InChI=1S/C11H16O4/c1-7-3-8(2)6-11(5-7)14-9(12)4-10(13)15-11/h7-8H,3-6H2,1-2H3/t7-,8+. The second kappa shape index (κ2) is 3.51. The number of carbonyl (C=O) groups is 2. The monoisotopic (exact) mass is 212 g/mol. The maximum absolute atomic E-state index is 11.2. The molecule has 2 atom stereocenters. The van der Waals surface area contributed by atoms with E-state index in [1.54, 1.807) is 0 Å². The fourth-order valence-electron chi connectivity index (χ4n) is 2.79. The van der Waals surface area contributed by atoms with Crippen LogP contribution in [-0.4, -0.2) is 17.7 Å². The Labute approximate surface area is 88.9 Å². The normalized spacial score (nSPS) is 34.8. The van der Waals surface area contributed by atoms with Gasteiger partial charge in [-0.05, 0) is 18.3 Å². The van der Waals surface area contributed by atoms with Gasteiger partial charge in [0.1, 0.15) is 6.42 Å².